The van der Waals surface area contributed by atoms with Gasteiger partial charge in [0.25, 0.3) is 0 Å². The molecule has 2 aromatic heterocycles. The summed E-state index contributed by atoms with van der Waals surface area (Å²) in [6, 6.07) is 1.65. The smallest absolute Gasteiger partial charge is 0.247 e. The van der Waals surface area contributed by atoms with Crippen LogP contribution in [0.4, 0.5) is 0 Å². The van der Waals surface area contributed by atoms with Gasteiger partial charge in [-0.15, -0.1) is 0 Å². The van der Waals surface area contributed by atoms with Crippen LogP contribution in [0, 0.1) is 0 Å². The molecule has 0 aromatic carbocycles. The van der Waals surface area contributed by atoms with E-state index in [1.807, 2.05) is 0 Å². The molecule has 0 fully saturated rings. The fourth-order valence-corrected chi connectivity index (χ4v) is 1.79. The summed E-state index contributed by atoms with van der Waals surface area (Å²) >= 11 is 3.26. The van der Waals surface area contributed by atoms with Gasteiger partial charge in [-0.1, -0.05) is 0 Å². The van der Waals surface area contributed by atoms with Crippen molar-refractivity contribution in [3.8, 4) is 11.8 Å². The fraction of sp³-hybridized carbons (Fsp3) is 0.167. The van der Waals surface area contributed by atoms with Crippen LogP contribution in [0.1, 0.15) is 16.1 Å². The molecule has 0 aliphatic carbocycles. The number of hydrogen-bond donors (Lipinski definition) is 0. The second-order valence-electron chi connectivity index (χ2n) is 3.49. The molecule has 98 valence electrons. The monoisotopic (exact) mass is 323 g/mol. The Kier molecular flexibility index (Phi) is 4.06. The molecule has 0 saturated carbocycles. The molecule has 0 unspecified atom stereocenters. The van der Waals surface area contributed by atoms with Crippen LogP contribution in [0.25, 0.3) is 0 Å². The molecular weight excluding hydrogens is 314 g/mol. The average Bonchev–Trinajstić information content (AvgIpc) is 2.45. The summed E-state index contributed by atoms with van der Waals surface area (Å²) in [4.78, 5) is 24.3. The van der Waals surface area contributed by atoms with Gasteiger partial charge in [0.05, 0.1) is 20.4 Å². The zero-order valence-electron chi connectivity index (χ0n) is 10.3. The van der Waals surface area contributed by atoms with Gasteiger partial charge in [-0.25, -0.2) is 4.98 Å². The Balaban J connectivity index is 2.44. The van der Waals surface area contributed by atoms with Crippen LogP contribution in [0.15, 0.2) is 29.1 Å². The first-order valence-corrected chi connectivity index (χ1v) is 6.05. The van der Waals surface area contributed by atoms with Crippen molar-refractivity contribution in [2.24, 2.45) is 0 Å². The van der Waals surface area contributed by atoms with Crippen molar-refractivity contribution in [3.63, 3.8) is 0 Å². The quantitative estimate of drug-likeness (QED) is 0.800. The van der Waals surface area contributed by atoms with Crippen LogP contribution in [-0.4, -0.2) is 35.0 Å². The number of carbonyl (C=O) groups is 1. The molecular formula is C12H10BrN3O3. The highest BCUT2D eigenvalue weighted by Gasteiger charge is 2.19. The summed E-state index contributed by atoms with van der Waals surface area (Å²) in [6.07, 6.45) is 4.41. The molecule has 2 heterocycles. The Morgan fingerprint density at radius 3 is 2.63 bits per heavy atom. The molecule has 0 bridgehead atoms. The van der Waals surface area contributed by atoms with E-state index in [0.29, 0.717) is 10.0 Å². The minimum absolute atomic E-state index is 0.114. The predicted octanol–water partition coefficient (Wildman–Crippen LogP) is 1.88. The van der Waals surface area contributed by atoms with E-state index >= 15 is 0 Å². The van der Waals surface area contributed by atoms with Gasteiger partial charge in [0.15, 0.2) is 5.69 Å². The number of pyridine rings is 1. The Hall–Kier alpha value is -2.02. The molecule has 0 spiro atoms. The molecule has 0 saturated heterocycles. The molecule has 0 amide bonds. The van der Waals surface area contributed by atoms with E-state index < -0.39 is 0 Å². The van der Waals surface area contributed by atoms with E-state index in [4.69, 9.17) is 9.47 Å². The highest BCUT2D eigenvalue weighted by Crippen LogP contribution is 2.21. The maximum atomic E-state index is 12.3. The van der Waals surface area contributed by atoms with Crippen LogP contribution < -0.4 is 9.47 Å². The van der Waals surface area contributed by atoms with Crippen molar-refractivity contribution in [1.29, 1.82) is 0 Å². The molecule has 6 nitrogen and oxygen atoms in total. The Morgan fingerprint density at radius 1 is 1.21 bits per heavy atom. The largest absolute Gasteiger partial charge is 0.480 e. The van der Waals surface area contributed by atoms with Crippen molar-refractivity contribution >= 4 is 21.7 Å². The van der Waals surface area contributed by atoms with Gasteiger partial charge in [-0.2, -0.15) is 4.98 Å². The number of aromatic nitrogens is 3. The third kappa shape index (κ3) is 2.87. The van der Waals surface area contributed by atoms with Crippen molar-refractivity contribution in [2.45, 2.75) is 0 Å². The topological polar surface area (TPSA) is 74.2 Å². The number of methoxy groups -OCH3 is 2. The first-order chi connectivity index (χ1) is 9.15. The minimum Gasteiger partial charge on any atom is -0.480 e. The Labute approximate surface area is 117 Å². The fourth-order valence-electron chi connectivity index (χ4n) is 1.43. The summed E-state index contributed by atoms with van der Waals surface area (Å²) in [5.41, 5.74) is 0.510. The molecule has 19 heavy (non-hydrogen) atoms. The van der Waals surface area contributed by atoms with Gasteiger partial charge in [0.1, 0.15) is 0 Å². The van der Waals surface area contributed by atoms with Gasteiger partial charge in [-0.05, 0) is 22.0 Å². The standard InChI is InChI=1S/C12H10BrN3O3/c1-18-9-6-15-10(12(16-9)19-2)11(17)7-3-8(13)5-14-4-7/h3-6H,1-2H3. The summed E-state index contributed by atoms with van der Waals surface area (Å²) in [6.45, 7) is 0. The van der Waals surface area contributed by atoms with Crippen molar-refractivity contribution in [3.05, 3.63) is 40.4 Å². The minimum atomic E-state index is -0.319. The second-order valence-corrected chi connectivity index (χ2v) is 4.41. The number of halogens is 1. The number of rotatable bonds is 4. The Morgan fingerprint density at radius 2 is 2.00 bits per heavy atom. The molecule has 2 aromatic rings. The first-order valence-electron chi connectivity index (χ1n) is 5.26. The second kappa shape index (κ2) is 5.75. The molecule has 2 rings (SSSR count). The van der Waals surface area contributed by atoms with Gasteiger partial charge in [0.2, 0.25) is 17.5 Å². The van der Waals surface area contributed by atoms with Crippen LogP contribution in [0.3, 0.4) is 0 Å². The molecule has 0 radical (unpaired) electrons. The summed E-state index contributed by atoms with van der Waals surface area (Å²) in [7, 11) is 2.88. The molecule has 0 atom stereocenters. The Bertz CT molecular complexity index is 619. The summed E-state index contributed by atoms with van der Waals surface area (Å²) < 4.78 is 10.7. The van der Waals surface area contributed by atoms with Crippen LogP contribution in [-0.2, 0) is 0 Å². The zero-order chi connectivity index (χ0) is 13.8. The lowest BCUT2D eigenvalue weighted by molar-refractivity contribution is 0.102. The average molecular weight is 324 g/mol. The van der Waals surface area contributed by atoms with Gasteiger partial charge >= 0.3 is 0 Å². The number of carbonyl (C=O) groups excluding carboxylic acids is 1. The maximum Gasteiger partial charge on any atom is 0.247 e. The zero-order valence-corrected chi connectivity index (χ0v) is 11.8. The lowest BCUT2D eigenvalue weighted by Gasteiger charge is -2.07. The van der Waals surface area contributed by atoms with E-state index in [1.54, 1.807) is 12.3 Å². The lowest BCUT2D eigenvalue weighted by atomic mass is 10.1. The maximum absolute atomic E-state index is 12.3. The molecule has 0 N–H and O–H groups in total. The van der Waals surface area contributed by atoms with E-state index in [-0.39, 0.29) is 23.2 Å². The third-order valence-corrected chi connectivity index (χ3v) is 2.74. The normalized spacial score (nSPS) is 10.1. The number of hydrogen-bond acceptors (Lipinski definition) is 6. The van der Waals surface area contributed by atoms with Gasteiger partial charge in [0, 0.05) is 22.4 Å². The number of ketones is 1. The van der Waals surface area contributed by atoms with Crippen molar-refractivity contribution in [1.82, 2.24) is 15.0 Å². The van der Waals surface area contributed by atoms with Crippen LogP contribution in [0.2, 0.25) is 0 Å². The van der Waals surface area contributed by atoms with E-state index in [1.165, 1.54) is 26.6 Å². The van der Waals surface area contributed by atoms with Crippen molar-refractivity contribution in [2.75, 3.05) is 14.2 Å². The molecule has 0 aliphatic heterocycles. The van der Waals surface area contributed by atoms with E-state index in [9.17, 15) is 4.79 Å². The lowest BCUT2D eigenvalue weighted by Crippen LogP contribution is -2.09. The third-order valence-electron chi connectivity index (χ3n) is 2.30. The number of nitrogens with zero attached hydrogens (tertiary/aromatic N) is 3. The van der Waals surface area contributed by atoms with Gasteiger partial charge in [-0.3, -0.25) is 9.78 Å². The predicted molar refractivity (Wildman–Crippen MR) is 70.5 cm³/mol. The molecule has 7 heteroatoms. The SMILES string of the molecule is COc1cnc(C(=O)c2cncc(Br)c2)c(OC)n1. The molecule has 0 aliphatic rings. The van der Waals surface area contributed by atoms with Crippen LogP contribution in [0.5, 0.6) is 11.8 Å². The van der Waals surface area contributed by atoms with E-state index in [0.717, 1.165) is 0 Å². The summed E-state index contributed by atoms with van der Waals surface area (Å²) in [5, 5.41) is 0. The number of ether oxygens (including phenoxy) is 2. The van der Waals surface area contributed by atoms with Crippen molar-refractivity contribution < 1.29 is 14.3 Å². The highest BCUT2D eigenvalue weighted by atomic mass is 79.9. The van der Waals surface area contributed by atoms with Crippen LogP contribution >= 0.6 is 15.9 Å². The first kappa shape index (κ1) is 13.4. The summed E-state index contributed by atoms with van der Waals surface area (Å²) in [5.74, 6) is 0.0749. The van der Waals surface area contributed by atoms with Gasteiger partial charge < -0.3 is 9.47 Å². The van der Waals surface area contributed by atoms with E-state index in [2.05, 4.69) is 30.9 Å². The highest BCUT2D eigenvalue weighted by molar-refractivity contribution is 9.10.